The highest BCUT2D eigenvalue weighted by molar-refractivity contribution is 7.89. The second-order valence-electron chi connectivity index (χ2n) is 4.07. The van der Waals surface area contributed by atoms with E-state index >= 15 is 0 Å². The Morgan fingerprint density at radius 1 is 1.10 bits per heavy atom. The molecule has 0 amide bonds. The number of hydrogen-bond donors (Lipinski definition) is 1. The van der Waals surface area contributed by atoms with Gasteiger partial charge in [0, 0.05) is 12.1 Å². The molecule has 0 bridgehead atoms. The fraction of sp³-hybridized carbons (Fsp3) is 0.143. The van der Waals surface area contributed by atoms with Crippen LogP contribution in [-0.4, -0.2) is 15.5 Å². The highest BCUT2D eigenvalue weighted by Crippen LogP contribution is 2.18. The minimum absolute atomic E-state index is 0.0285. The summed E-state index contributed by atoms with van der Waals surface area (Å²) >= 11 is 0. The van der Waals surface area contributed by atoms with Crippen LogP contribution in [0.3, 0.4) is 0 Å². The molecular weight excluding hydrogens is 281 g/mol. The van der Waals surface area contributed by atoms with Gasteiger partial charge in [-0.2, -0.15) is 0 Å². The van der Waals surface area contributed by atoms with E-state index in [1.54, 1.807) is 24.3 Å². The maximum Gasteiger partial charge on any atom is 0.243 e. The number of ether oxygens (including phenoxy) is 1. The first-order valence-corrected chi connectivity index (χ1v) is 7.39. The molecule has 6 heteroatoms. The highest BCUT2D eigenvalue weighted by atomic mass is 32.2. The number of para-hydroxylation sites is 1. The zero-order valence-corrected chi connectivity index (χ0v) is 11.7. The lowest BCUT2D eigenvalue weighted by Crippen LogP contribution is -2.24. The molecule has 0 aliphatic rings. The summed E-state index contributed by atoms with van der Waals surface area (Å²) in [6, 6.07) is 12.3. The number of hydrogen-bond acceptors (Lipinski definition) is 3. The molecule has 0 aliphatic carbocycles. The van der Waals surface area contributed by atoms with Crippen LogP contribution in [-0.2, 0) is 16.6 Å². The lowest BCUT2D eigenvalue weighted by Gasteiger charge is -2.10. The normalized spacial score (nSPS) is 11.3. The predicted molar refractivity (Wildman–Crippen MR) is 73.4 cm³/mol. The van der Waals surface area contributed by atoms with Gasteiger partial charge in [-0.1, -0.05) is 30.3 Å². The number of benzene rings is 2. The van der Waals surface area contributed by atoms with Crippen molar-refractivity contribution in [1.29, 1.82) is 0 Å². The fourth-order valence-electron chi connectivity index (χ4n) is 1.76. The zero-order chi connectivity index (χ0) is 14.6. The summed E-state index contributed by atoms with van der Waals surface area (Å²) in [7, 11) is -2.39. The molecule has 20 heavy (non-hydrogen) atoms. The second-order valence-corrected chi connectivity index (χ2v) is 5.80. The molecule has 2 aromatic rings. The Morgan fingerprint density at radius 2 is 1.75 bits per heavy atom. The lowest BCUT2D eigenvalue weighted by atomic mass is 10.2. The van der Waals surface area contributed by atoms with Crippen molar-refractivity contribution in [2.45, 2.75) is 11.4 Å². The number of halogens is 1. The monoisotopic (exact) mass is 295 g/mol. The van der Waals surface area contributed by atoms with E-state index in [-0.39, 0.29) is 11.4 Å². The summed E-state index contributed by atoms with van der Waals surface area (Å²) in [5.41, 5.74) is 0.676. The van der Waals surface area contributed by atoms with Gasteiger partial charge in [0.05, 0.1) is 7.11 Å². The van der Waals surface area contributed by atoms with Crippen LogP contribution in [0.2, 0.25) is 0 Å². The molecule has 0 radical (unpaired) electrons. The first kappa shape index (κ1) is 14.5. The highest BCUT2D eigenvalue weighted by Gasteiger charge is 2.18. The summed E-state index contributed by atoms with van der Waals surface area (Å²) in [5, 5.41) is 0. The van der Waals surface area contributed by atoms with Gasteiger partial charge in [0.25, 0.3) is 0 Å². The molecule has 0 aromatic heterocycles. The van der Waals surface area contributed by atoms with Gasteiger partial charge in [-0.05, 0) is 18.2 Å². The Balaban J connectivity index is 2.20. The molecular formula is C14H14FNO3S. The van der Waals surface area contributed by atoms with E-state index in [1.165, 1.54) is 25.3 Å². The molecule has 2 rings (SSSR count). The van der Waals surface area contributed by atoms with Gasteiger partial charge in [0.2, 0.25) is 10.0 Å². The molecule has 2 aromatic carbocycles. The summed E-state index contributed by atoms with van der Waals surface area (Å²) in [4.78, 5) is -0.366. The van der Waals surface area contributed by atoms with Gasteiger partial charge in [-0.25, -0.2) is 17.5 Å². The first-order valence-electron chi connectivity index (χ1n) is 5.90. The number of nitrogens with one attached hydrogen (secondary N) is 1. The van der Waals surface area contributed by atoms with Crippen molar-refractivity contribution in [3.63, 3.8) is 0 Å². The van der Waals surface area contributed by atoms with Crippen LogP contribution in [0.1, 0.15) is 5.56 Å². The molecule has 1 N–H and O–H groups in total. The van der Waals surface area contributed by atoms with Gasteiger partial charge < -0.3 is 4.74 Å². The molecule has 4 nitrogen and oxygen atoms in total. The van der Waals surface area contributed by atoms with Crippen LogP contribution in [0, 0.1) is 5.82 Å². The number of methoxy groups -OCH3 is 1. The Kier molecular flexibility index (Phi) is 4.36. The Morgan fingerprint density at radius 3 is 2.45 bits per heavy atom. The smallest absolute Gasteiger partial charge is 0.243 e. The van der Waals surface area contributed by atoms with E-state index in [2.05, 4.69) is 4.72 Å². The Hall–Kier alpha value is -1.92. The fourth-order valence-corrected chi connectivity index (χ4v) is 2.85. The largest absolute Gasteiger partial charge is 0.496 e. The quantitative estimate of drug-likeness (QED) is 0.921. The number of sulfonamides is 1. The summed E-state index contributed by atoms with van der Waals surface area (Å²) < 4.78 is 45.1. The van der Waals surface area contributed by atoms with E-state index < -0.39 is 15.8 Å². The van der Waals surface area contributed by atoms with Gasteiger partial charge in [-0.15, -0.1) is 0 Å². The van der Waals surface area contributed by atoms with E-state index in [1.807, 2.05) is 0 Å². The minimum Gasteiger partial charge on any atom is -0.496 e. The molecule has 0 atom stereocenters. The third kappa shape index (κ3) is 3.15. The maximum absolute atomic E-state index is 13.5. The van der Waals surface area contributed by atoms with Crippen molar-refractivity contribution in [3.8, 4) is 5.75 Å². The van der Waals surface area contributed by atoms with Crippen LogP contribution < -0.4 is 9.46 Å². The van der Waals surface area contributed by atoms with Crippen LogP contribution >= 0.6 is 0 Å². The van der Waals surface area contributed by atoms with Crippen LogP contribution in [0.5, 0.6) is 5.75 Å². The first-order chi connectivity index (χ1) is 9.54. The molecule has 0 unspecified atom stereocenters. The summed E-state index contributed by atoms with van der Waals surface area (Å²) in [6.45, 7) is 0.0285. The van der Waals surface area contributed by atoms with E-state index in [9.17, 15) is 12.8 Å². The molecule has 0 fully saturated rings. The lowest BCUT2D eigenvalue weighted by molar-refractivity contribution is 0.409. The Bertz CT molecular complexity index is 701. The topological polar surface area (TPSA) is 55.4 Å². The molecule has 0 saturated heterocycles. The maximum atomic E-state index is 13.5. The molecule has 0 spiro atoms. The van der Waals surface area contributed by atoms with E-state index in [0.717, 1.165) is 6.07 Å². The van der Waals surface area contributed by atoms with E-state index in [4.69, 9.17) is 4.74 Å². The van der Waals surface area contributed by atoms with Crippen molar-refractivity contribution < 1.29 is 17.5 Å². The van der Waals surface area contributed by atoms with Crippen molar-refractivity contribution in [3.05, 3.63) is 59.9 Å². The van der Waals surface area contributed by atoms with Crippen LogP contribution in [0.15, 0.2) is 53.4 Å². The van der Waals surface area contributed by atoms with Crippen molar-refractivity contribution in [2.24, 2.45) is 0 Å². The number of rotatable bonds is 5. The van der Waals surface area contributed by atoms with Crippen LogP contribution in [0.4, 0.5) is 4.39 Å². The average Bonchev–Trinajstić information content (AvgIpc) is 2.46. The predicted octanol–water partition coefficient (Wildman–Crippen LogP) is 2.31. The SMILES string of the molecule is COc1ccccc1CNS(=O)(=O)c1ccccc1F. The molecule has 0 saturated carbocycles. The molecule has 106 valence electrons. The van der Waals surface area contributed by atoms with E-state index in [0.29, 0.717) is 11.3 Å². The van der Waals surface area contributed by atoms with Gasteiger partial charge in [-0.3, -0.25) is 0 Å². The summed E-state index contributed by atoms with van der Waals surface area (Å²) in [5.74, 6) is -0.205. The zero-order valence-electron chi connectivity index (χ0n) is 10.8. The second kappa shape index (κ2) is 6.02. The molecule has 0 aliphatic heterocycles. The van der Waals surface area contributed by atoms with Crippen molar-refractivity contribution >= 4 is 10.0 Å². The third-order valence-electron chi connectivity index (χ3n) is 2.77. The third-order valence-corrected chi connectivity index (χ3v) is 4.21. The van der Waals surface area contributed by atoms with Crippen LogP contribution in [0.25, 0.3) is 0 Å². The van der Waals surface area contributed by atoms with Crippen molar-refractivity contribution in [2.75, 3.05) is 7.11 Å². The standard InChI is InChI=1S/C14H14FNO3S/c1-19-13-8-4-2-6-11(13)10-16-20(17,18)14-9-5-3-7-12(14)15/h2-9,16H,10H2,1H3. The van der Waals surface area contributed by atoms with Crippen molar-refractivity contribution in [1.82, 2.24) is 4.72 Å². The minimum atomic E-state index is -3.89. The molecule has 0 heterocycles. The Labute approximate surface area is 117 Å². The van der Waals surface area contributed by atoms with Gasteiger partial charge in [0.15, 0.2) is 0 Å². The average molecular weight is 295 g/mol. The van der Waals surface area contributed by atoms with Gasteiger partial charge in [0.1, 0.15) is 16.5 Å². The van der Waals surface area contributed by atoms with Gasteiger partial charge >= 0.3 is 0 Å². The summed E-state index contributed by atoms with van der Waals surface area (Å²) in [6.07, 6.45) is 0.